The summed E-state index contributed by atoms with van der Waals surface area (Å²) in [6.07, 6.45) is 3.76. The number of carbonyl (C=O) groups is 1. The van der Waals surface area contributed by atoms with Crippen LogP contribution >= 0.6 is 0 Å². The summed E-state index contributed by atoms with van der Waals surface area (Å²) in [5.74, 6) is -2.82. The third kappa shape index (κ3) is 2.09. The summed E-state index contributed by atoms with van der Waals surface area (Å²) >= 11 is 0. The van der Waals surface area contributed by atoms with Gasteiger partial charge in [-0.15, -0.1) is 0 Å². The van der Waals surface area contributed by atoms with Crippen molar-refractivity contribution in [2.45, 2.75) is 45.2 Å². The molecular weight excluding hydrogens is 238 g/mol. The summed E-state index contributed by atoms with van der Waals surface area (Å²) in [6, 6.07) is 1.42. The van der Waals surface area contributed by atoms with Gasteiger partial charge in [0.2, 0.25) is 5.95 Å². The second-order valence-corrected chi connectivity index (χ2v) is 4.66. The second-order valence-electron chi connectivity index (χ2n) is 4.66. The number of hydrogen-bond acceptors (Lipinski definition) is 2. The Morgan fingerprint density at radius 1 is 1.50 bits per heavy atom. The number of amides is 1. The molecule has 5 heteroatoms. The highest BCUT2D eigenvalue weighted by Crippen LogP contribution is 2.28. The van der Waals surface area contributed by atoms with Crippen molar-refractivity contribution in [1.82, 2.24) is 9.88 Å². The fraction of sp³-hybridized carbons (Fsp3) is 0.538. The van der Waals surface area contributed by atoms with Crippen LogP contribution in [0.2, 0.25) is 0 Å². The maximum atomic E-state index is 13.6. The zero-order valence-corrected chi connectivity index (χ0v) is 10.5. The van der Waals surface area contributed by atoms with Gasteiger partial charge in [0.05, 0.1) is 5.56 Å². The first-order valence-corrected chi connectivity index (χ1v) is 6.19. The number of rotatable bonds is 2. The molecule has 0 N–H and O–H groups in total. The highest BCUT2D eigenvalue weighted by Gasteiger charge is 2.35. The van der Waals surface area contributed by atoms with Gasteiger partial charge in [-0.3, -0.25) is 4.79 Å². The van der Waals surface area contributed by atoms with Gasteiger partial charge < -0.3 is 4.90 Å². The van der Waals surface area contributed by atoms with E-state index in [0.717, 1.165) is 25.5 Å². The third-order valence-corrected chi connectivity index (χ3v) is 3.57. The number of pyridine rings is 1. The van der Waals surface area contributed by atoms with E-state index in [4.69, 9.17) is 0 Å². The van der Waals surface area contributed by atoms with Crippen molar-refractivity contribution in [2.75, 3.05) is 0 Å². The molecule has 1 aliphatic heterocycles. The molecule has 0 aliphatic carbocycles. The van der Waals surface area contributed by atoms with Crippen molar-refractivity contribution in [3.8, 4) is 0 Å². The fourth-order valence-corrected chi connectivity index (χ4v) is 2.56. The molecule has 0 spiro atoms. The summed E-state index contributed by atoms with van der Waals surface area (Å²) < 4.78 is 26.6. The van der Waals surface area contributed by atoms with Crippen molar-refractivity contribution in [3.63, 3.8) is 0 Å². The van der Waals surface area contributed by atoms with E-state index in [0.29, 0.717) is 0 Å². The molecule has 0 aromatic carbocycles. The Morgan fingerprint density at radius 2 is 2.22 bits per heavy atom. The average Bonchev–Trinajstić information content (AvgIpc) is 2.73. The molecule has 0 saturated carbocycles. The van der Waals surface area contributed by atoms with Gasteiger partial charge in [-0.2, -0.15) is 4.39 Å². The smallest absolute Gasteiger partial charge is 0.257 e. The average molecular weight is 254 g/mol. The predicted molar refractivity (Wildman–Crippen MR) is 63.1 cm³/mol. The van der Waals surface area contributed by atoms with E-state index in [1.807, 2.05) is 13.8 Å². The van der Waals surface area contributed by atoms with Gasteiger partial charge in [0.15, 0.2) is 5.82 Å². The highest BCUT2D eigenvalue weighted by atomic mass is 19.2. The molecule has 1 aliphatic rings. The van der Waals surface area contributed by atoms with Gasteiger partial charge in [0.25, 0.3) is 5.91 Å². The Hall–Kier alpha value is -1.52. The summed E-state index contributed by atoms with van der Waals surface area (Å²) in [4.78, 5) is 17.1. The first kappa shape index (κ1) is 12.9. The first-order valence-electron chi connectivity index (χ1n) is 6.19. The van der Waals surface area contributed by atoms with Crippen LogP contribution in [0.4, 0.5) is 8.78 Å². The molecule has 0 radical (unpaired) electrons. The van der Waals surface area contributed by atoms with Crippen LogP contribution in [0.3, 0.4) is 0 Å². The molecule has 18 heavy (non-hydrogen) atoms. The van der Waals surface area contributed by atoms with E-state index < -0.39 is 17.7 Å². The SMILES string of the molecule is CCC1CCC(C)N1C(=O)c1ccnc(F)c1F. The molecule has 1 amide bonds. The topological polar surface area (TPSA) is 33.2 Å². The van der Waals surface area contributed by atoms with Crippen LogP contribution in [0.5, 0.6) is 0 Å². The zero-order chi connectivity index (χ0) is 13.3. The minimum atomic E-state index is -1.22. The summed E-state index contributed by atoms with van der Waals surface area (Å²) in [5.41, 5.74) is -0.227. The molecule has 0 bridgehead atoms. The molecule has 2 unspecified atom stereocenters. The number of likely N-dealkylation sites (tertiary alicyclic amines) is 1. The van der Waals surface area contributed by atoms with Crippen LogP contribution in [0.1, 0.15) is 43.5 Å². The Bertz CT molecular complexity index is 464. The maximum absolute atomic E-state index is 13.6. The quantitative estimate of drug-likeness (QED) is 0.760. The molecule has 1 aromatic rings. The van der Waals surface area contributed by atoms with Crippen LogP contribution in [0.15, 0.2) is 12.3 Å². The van der Waals surface area contributed by atoms with Crippen LogP contribution in [-0.4, -0.2) is 27.9 Å². The molecule has 1 saturated heterocycles. The van der Waals surface area contributed by atoms with Crippen molar-refractivity contribution < 1.29 is 13.6 Å². The largest absolute Gasteiger partial charge is 0.333 e. The van der Waals surface area contributed by atoms with E-state index in [1.165, 1.54) is 6.07 Å². The van der Waals surface area contributed by atoms with E-state index in [1.54, 1.807) is 4.90 Å². The molecule has 1 aromatic heterocycles. The number of halogens is 2. The summed E-state index contributed by atoms with van der Waals surface area (Å²) in [6.45, 7) is 3.93. The highest BCUT2D eigenvalue weighted by molar-refractivity contribution is 5.95. The Morgan fingerprint density at radius 3 is 2.89 bits per heavy atom. The second kappa shape index (κ2) is 5.00. The van der Waals surface area contributed by atoms with E-state index in [2.05, 4.69) is 4.98 Å². The molecule has 2 heterocycles. The van der Waals surface area contributed by atoms with Gasteiger partial charge in [-0.05, 0) is 32.3 Å². The van der Waals surface area contributed by atoms with Gasteiger partial charge >= 0.3 is 0 Å². The summed E-state index contributed by atoms with van der Waals surface area (Å²) in [5, 5.41) is 0. The van der Waals surface area contributed by atoms with Crippen molar-refractivity contribution in [1.29, 1.82) is 0 Å². The number of hydrogen-bond donors (Lipinski definition) is 0. The first-order chi connectivity index (χ1) is 8.56. The number of aromatic nitrogens is 1. The van der Waals surface area contributed by atoms with Crippen LogP contribution in [0, 0.1) is 11.8 Å². The molecule has 1 fully saturated rings. The van der Waals surface area contributed by atoms with E-state index >= 15 is 0 Å². The molecular formula is C13H16F2N2O. The Labute approximate surface area is 105 Å². The van der Waals surface area contributed by atoms with Gasteiger partial charge in [-0.1, -0.05) is 6.92 Å². The van der Waals surface area contributed by atoms with Crippen molar-refractivity contribution >= 4 is 5.91 Å². The maximum Gasteiger partial charge on any atom is 0.257 e. The standard InChI is InChI=1S/C13H16F2N2O/c1-3-9-5-4-8(2)17(9)13(18)10-6-7-16-12(15)11(10)14/h6-9H,3-5H2,1-2H3. The van der Waals surface area contributed by atoms with Crippen LogP contribution < -0.4 is 0 Å². The zero-order valence-electron chi connectivity index (χ0n) is 10.5. The number of carbonyl (C=O) groups excluding carboxylic acids is 1. The van der Waals surface area contributed by atoms with Gasteiger partial charge in [0, 0.05) is 18.3 Å². The predicted octanol–water partition coefficient (Wildman–Crippen LogP) is 2.76. The minimum Gasteiger partial charge on any atom is -0.333 e. The van der Waals surface area contributed by atoms with Gasteiger partial charge in [-0.25, -0.2) is 9.37 Å². The van der Waals surface area contributed by atoms with E-state index in [-0.39, 0.29) is 17.6 Å². The van der Waals surface area contributed by atoms with Gasteiger partial charge in [0.1, 0.15) is 0 Å². The summed E-state index contributed by atoms with van der Waals surface area (Å²) in [7, 11) is 0. The van der Waals surface area contributed by atoms with Crippen LogP contribution in [0.25, 0.3) is 0 Å². The number of nitrogens with zero attached hydrogens (tertiary/aromatic N) is 2. The fourth-order valence-electron chi connectivity index (χ4n) is 2.56. The van der Waals surface area contributed by atoms with Crippen molar-refractivity contribution in [2.24, 2.45) is 0 Å². The lowest BCUT2D eigenvalue weighted by atomic mass is 10.1. The molecule has 2 atom stereocenters. The Balaban J connectivity index is 2.33. The normalized spacial score (nSPS) is 23.4. The van der Waals surface area contributed by atoms with Crippen molar-refractivity contribution in [3.05, 3.63) is 29.6 Å². The monoisotopic (exact) mass is 254 g/mol. The minimum absolute atomic E-state index is 0.0677. The van der Waals surface area contributed by atoms with Crippen LogP contribution in [-0.2, 0) is 0 Å². The van der Waals surface area contributed by atoms with E-state index in [9.17, 15) is 13.6 Å². The Kier molecular flexibility index (Phi) is 3.59. The molecule has 2 rings (SSSR count). The molecule has 3 nitrogen and oxygen atoms in total. The third-order valence-electron chi connectivity index (χ3n) is 3.57. The lowest BCUT2D eigenvalue weighted by Crippen LogP contribution is -2.40. The lowest BCUT2D eigenvalue weighted by molar-refractivity contribution is 0.0670. The molecule has 98 valence electrons. The lowest BCUT2D eigenvalue weighted by Gasteiger charge is -2.28.